The number of H-pyrrole nitrogens is 1. The van der Waals surface area contributed by atoms with Crippen molar-refractivity contribution in [3.05, 3.63) is 75.8 Å². The minimum Gasteiger partial charge on any atom is -0.408 e. The van der Waals surface area contributed by atoms with Crippen LogP contribution in [0.4, 0.5) is 0 Å². The molecule has 1 amide bonds. The summed E-state index contributed by atoms with van der Waals surface area (Å²) >= 11 is 0. The molecule has 1 aliphatic heterocycles. The smallest absolute Gasteiger partial charge is 0.408 e. The second kappa shape index (κ2) is 9.14. The number of piperazine rings is 1. The summed E-state index contributed by atoms with van der Waals surface area (Å²) in [6.45, 7) is 5.26. The van der Waals surface area contributed by atoms with Crippen LogP contribution >= 0.6 is 0 Å². The van der Waals surface area contributed by atoms with Gasteiger partial charge in [-0.05, 0) is 36.8 Å². The number of hydrogen-bond donors (Lipinski definition) is 1. The first-order valence-electron chi connectivity index (χ1n) is 10.4. The number of oxazole rings is 1. The fourth-order valence-corrected chi connectivity index (χ4v) is 3.81. The van der Waals surface area contributed by atoms with Crippen LogP contribution in [0.5, 0.6) is 0 Å². The van der Waals surface area contributed by atoms with E-state index < -0.39 is 5.76 Å². The minimum atomic E-state index is -0.527. The van der Waals surface area contributed by atoms with E-state index in [-0.39, 0.29) is 11.7 Å². The number of Topliss-reactive ketones (excluding diaryl/α,β-unsaturated/α-hetero) is 1. The molecule has 1 fully saturated rings. The normalized spacial score (nSPS) is 15.4. The molecule has 7 heteroatoms. The molecule has 1 saturated heterocycles. The number of fused-ring (bicyclic) bond motifs is 1. The van der Waals surface area contributed by atoms with Gasteiger partial charge in [0.05, 0.1) is 5.52 Å². The van der Waals surface area contributed by atoms with Crippen molar-refractivity contribution in [2.24, 2.45) is 0 Å². The fourth-order valence-electron chi connectivity index (χ4n) is 3.81. The number of amides is 1. The molecular formula is C24H25N3O4. The number of hydrogen-bond acceptors (Lipinski definition) is 5. The number of nitrogens with zero attached hydrogens (tertiary/aromatic N) is 2. The number of ketones is 1. The Balaban J connectivity index is 1.27. The van der Waals surface area contributed by atoms with Crippen LogP contribution in [-0.4, -0.2) is 59.2 Å². The monoisotopic (exact) mass is 419 g/mol. The Morgan fingerprint density at radius 2 is 1.81 bits per heavy atom. The zero-order chi connectivity index (χ0) is 21.8. The van der Waals surface area contributed by atoms with Gasteiger partial charge in [0.25, 0.3) is 0 Å². The van der Waals surface area contributed by atoms with Gasteiger partial charge >= 0.3 is 5.76 Å². The summed E-state index contributed by atoms with van der Waals surface area (Å²) in [6, 6.07) is 14.8. The van der Waals surface area contributed by atoms with Crippen molar-refractivity contribution in [1.82, 2.24) is 14.8 Å². The Morgan fingerprint density at radius 1 is 1.06 bits per heavy atom. The molecule has 0 spiro atoms. The van der Waals surface area contributed by atoms with Crippen LogP contribution in [-0.2, 0) is 4.79 Å². The highest BCUT2D eigenvalue weighted by atomic mass is 16.4. The number of carbonyl (C=O) groups excluding carboxylic acids is 2. The molecule has 0 atom stereocenters. The van der Waals surface area contributed by atoms with Gasteiger partial charge in [0.1, 0.15) is 0 Å². The third-order valence-corrected chi connectivity index (χ3v) is 5.58. The quantitative estimate of drug-likeness (QED) is 0.490. The van der Waals surface area contributed by atoms with Crippen LogP contribution in [0, 0.1) is 0 Å². The summed E-state index contributed by atoms with van der Waals surface area (Å²) in [7, 11) is 0. The highest BCUT2D eigenvalue weighted by Gasteiger charge is 2.22. The third-order valence-electron chi connectivity index (χ3n) is 5.58. The van der Waals surface area contributed by atoms with E-state index in [1.165, 1.54) is 0 Å². The molecule has 7 nitrogen and oxygen atoms in total. The summed E-state index contributed by atoms with van der Waals surface area (Å²) in [4.78, 5) is 43.2. The Kier molecular flexibility index (Phi) is 6.13. The van der Waals surface area contributed by atoms with Gasteiger partial charge < -0.3 is 9.32 Å². The van der Waals surface area contributed by atoms with Gasteiger partial charge in [-0.15, -0.1) is 0 Å². The maximum atomic E-state index is 12.7. The van der Waals surface area contributed by atoms with Crippen LogP contribution < -0.4 is 5.76 Å². The van der Waals surface area contributed by atoms with E-state index in [9.17, 15) is 14.4 Å². The Bertz CT molecular complexity index is 1170. The Morgan fingerprint density at radius 3 is 2.55 bits per heavy atom. The molecule has 0 radical (unpaired) electrons. The van der Waals surface area contributed by atoms with E-state index in [2.05, 4.69) is 9.88 Å². The van der Waals surface area contributed by atoms with Crippen molar-refractivity contribution in [3.63, 3.8) is 0 Å². The summed E-state index contributed by atoms with van der Waals surface area (Å²) in [5.41, 5.74) is 3.25. The molecule has 2 heterocycles. The van der Waals surface area contributed by atoms with Gasteiger partial charge in [-0.1, -0.05) is 30.3 Å². The lowest BCUT2D eigenvalue weighted by Gasteiger charge is -2.34. The molecule has 0 saturated carbocycles. The van der Waals surface area contributed by atoms with Crippen molar-refractivity contribution in [2.45, 2.75) is 13.3 Å². The maximum absolute atomic E-state index is 12.7. The summed E-state index contributed by atoms with van der Waals surface area (Å²) in [6.07, 6.45) is 2.29. The first-order chi connectivity index (χ1) is 15.0. The van der Waals surface area contributed by atoms with E-state index in [0.29, 0.717) is 42.7 Å². The van der Waals surface area contributed by atoms with E-state index in [1.54, 1.807) is 18.2 Å². The van der Waals surface area contributed by atoms with Gasteiger partial charge in [-0.2, -0.15) is 0 Å². The zero-order valence-corrected chi connectivity index (χ0v) is 17.5. The second-order valence-corrected chi connectivity index (χ2v) is 7.77. The lowest BCUT2D eigenvalue weighted by molar-refractivity contribution is -0.128. The number of carbonyl (C=O) groups is 2. The highest BCUT2D eigenvalue weighted by molar-refractivity contribution is 5.99. The first kappa shape index (κ1) is 20.8. The average molecular weight is 419 g/mol. The summed E-state index contributed by atoms with van der Waals surface area (Å²) < 4.78 is 5.03. The van der Waals surface area contributed by atoms with Crippen LogP contribution in [0.2, 0.25) is 0 Å². The topological polar surface area (TPSA) is 86.6 Å². The zero-order valence-electron chi connectivity index (χ0n) is 17.5. The molecule has 160 valence electrons. The van der Waals surface area contributed by atoms with E-state index in [0.717, 1.165) is 24.2 Å². The lowest BCUT2D eigenvalue weighted by atomic mass is 10.1. The van der Waals surface area contributed by atoms with Crippen molar-refractivity contribution in [1.29, 1.82) is 0 Å². The van der Waals surface area contributed by atoms with Crippen molar-refractivity contribution >= 4 is 28.9 Å². The van der Waals surface area contributed by atoms with Crippen molar-refractivity contribution in [2.75, 3.05) is 32.7 Å². The fraction of sp³-hybridized carbons (Fsp3) is 0.292. The van der Waals surface area contributed by atoms with Crippen molar-refractivity contribution in [3.8, 4) is 0 Å². The number of aromatic amines is 1. The molecular weight excluding hydrogens is 394 g/mol. The number of nitrogens with one attached hydrogen (secondary N) is 1. The molecule has 1 N–H and O–H groups in total. The van der Waals surface area contributed by atoms with Gasteiger partial charge in [-0.25, -0.2) is 4.79 Å². The van der Waals surface area contributed by atoms with E-state index in [4.69, 9.17) is 4.42 Å². The van der Waals surface area contributed by atoms with Gasteiger partial charge in [0, 0.05) is 50.3 Å². The number of benzene rings is 2. The molecule has 1 aliphatic rings. The average Bonchev–Trinajstić information content (AvgIpc) is 3.17. The minimum absolute atomic E-state index is 0.00546. The molecule has 0 aliphatic carbocycles. The summed E-state index contributed by atoms with van der Waals surface area (Å²) in [5, 5.41) is 0. The largest absolute Gasteiger partial charge is 0.417 e. The molecule has 2 aromatic carbocycles. The first-order valence-corrected chi connectivity index (χ1v) is 10.4. The van der Waals surface area contributed by atoms with Gasteiger partial charge in [0.2, 0.25) is 5.91 Å². The van der Waals surface area contributed by atoms with Crippen LogP contribution in [0.3, 0.4) is 0 Å². The van der Waals surface area contributed by atoms with Crippen molar-refractivity contribution < 1.29 is 14.0 Å². The van der Waals surface area contributed by atoms with Crippen LogP contribution in [0.25, 0.3) is 17.2 Å². The third kappa shape index (κ3) is 5.00. The molecule has 1 aromatic heterocycles. The standard InChI is InChI=1S/C24H25N3O4/c1-17(15-18-5-3-2-4-6-18)23(29)27-13-11-26(12-14-27)10-9-21(28)19-7-8-20-22(16-19)31-24(30)25-20/h2-8,15-16H,9-14H2,1H3,(H,25,30). The summed E-state index contributed by atoms with van der Waals surface area (Å²) in [5.74, 6) is -0.465. The second-order valence-electron chi connectivity index (χ2n) is 7.77. The van der Waals surface area contributed by atoms with E-state index in [1.807, 2.05) is 48.2 Å². The number of aromatic nitrogens is 1. The highest BCUT2D eigenvalue weighted by Crippen LogP contribution is 2.15. The predicted molar refractivity (Wildman–Crippen MR) is 119 cm³/mol. The molecule has 31 heavy (non-hydrogen) atoms. The molecule has 0 bridgehead atoms. The Hall–Kier alpha value is -3.45. The molecule has 3 aromatic rings. The van der Waals surface area contributed by atoms with Gasteiger partial charge in [-0.3, -0.25) is 19.5 Å². The maximum Gasteiger partial charge on any atom is 0.417 e. The van der Waals surface area contributed by atoms with E-state index >= 15 is 0 Å². The van der Waals surface area contributed by atoms with Crippen LogP contribution in [0.1, 0.15) is 29.3 Å². The molecule has 0 unspecified atom stereocenters. The van der Waals surface area contributed by atoms with Crippen LogP contribution in [0.15, 0.2) is 63.3 Å². The predicted octanol–water partition coefficient (Wildman–Crippen LogP) is 2.94. The SMILES string of the molecule is CC(=Cc1ccccc1)C(=O)N1CCN(CCC(=O)c2ccc3[nH]c(=O)oc3c2)CC1. The van der Waals surface area contributed by atoms with Gasteiger partial charge in [0.15, 0.2) is 11.4 Å². The number of rotatable bonds is 6. The molecule has 4 rings (SSSR count). The Labute approximate surface area is 180 Å². The lowest BCUT2D eigenvalue weighted by Crippen LogP contribution is -2.49.